The molecule has 12 nitrogen and oxygen atoms in total. The summed E-state index contributed by atoms with van der Waals surface area (Å²) in [6.07, 6.45) is -2.17. The number of amides is 2. The minimum Gasteiger partial charge on any atom is -0.493 e. The molecule has 0 aliphatic rings. The molecule has 15 heteroatoms. The number of amidine groups is 1. The number of benzene rings is 2. The predicted molar refractivity (Wildman–Crippen MR) is 146 cm³/mol. The van der Waals surface area contributed by atoms with E-state index in [1.54, 1.807) is 42.5 Å². The summed E-state index contributed by atoms with van der Waals surface area (Å²) in [5, 5.41) is 17.8. The Hall–Kier alpha value is -5.34. The number of nitrogens with zero attached hydrogens (tertiary/aromatic N) is 1. The second-order valence-electron chi connectivity index (χ2n) is 8.63. The molecule has 0 aliphatic carbocycles. The molecule has 7 N–H and O–H groups in total. The van der Waals surface area contributed by atoms with Crippen molar-refractivity contribution in [1.82, 2.24) is 15.8 Å². The van der Waals surface area contributed by atoms with Crippen molar-refractivity contribution >= 4 is 29.3 Å². The van der Waals surface area contributed by atoms with E-state index in [4.69, 9.17) is 30.5 Å². The molecular weight excluding hydrogens is 561 g/mol. The van der Waals surface area contributed by atoms with Crippen LogP contribution in [0, 0.1) is 5.41 Å². The molecule has 0 aliphatic heterocycles. The number of hydrogen-bond acceptors (Lipinski definition) is 8. The largest absolute Gasteiger partial charge is 0.493 e. The summed E-state index contributed by atoms with van der Waals surface area (Å²) in [5.74, 6) is -2.81. The highest BCUT2D eigenvalue weighted by atomic mass is 19.4. The van der Waals surface area contributed by atoms with Gasteiger partial charge in [0.25, 0.3) is 11.8 Å². The normalized spacial score (nSPS) is 11.3. The van der Waals surface area contributed by atoms with Crippen molar-refractivity contribution in [3.63, 3.8) is 0 Å². The lowest BCUT2D eigenvalue weighted by Crippen LogP contribution is -2.45. The van der Waals surface area contributed by atoms with Crippen LogP contribution in [0.5, 0.6) is 11.5 Å². The van der Waals surface area contributed by atoms with Crippen LogP contribution in [0.4, 0.5) is 18.9 Å². The summed E-state index contributed by atoms with van der Waals surface area (Å²) in [7, 11) is 1.52. The number of aliphatic carboxylic acids is 1. The van der Waals surface area contributed by atoms with Crippen molar-refractivity contribution in [1.29, 1.82) is 5.41 Å². The van der Waals surface area contributed by atoms with Gasteiger partial charge in [0, 0.05) is 29.2 Å². The number of nitrogens with two attached hydrogens (primary N) is 1. The molecule has 0 saturated carbocycles. The van der Waals surface area contributed by atoms with Gasteiger partial charge >= 0.3 is 12.1 Å². The topological polar surface area (TPSA) is 189 Å². The molecule has 0 fully saturated rings. The van der Waals surface area contributed by atoms with Gasteiger partial charge in [0.1, 0.15) is 11.9 Å². The molecule has 1 aromatic heterocycles. The van der Waals surface area contributed by atoms with Crippen LogP contribution >= 0.6 is 0 Å². The van der Waals surface area contributed by atoms with Crippen LogP contribution in [0.1, 0.15) is 41.4 Å². The number of carboxylic acid groups (broad SMARTS) is 1. The molecule has 1 heterocycles. The highest BCUT2D eigenvalue weighted by Gasteiger charge is 2.38. The van der Waals surface area contributed by atoms with Crippen LogP contribution in [-0.2, 0) is 9.59 Å². The third-order valence-corrected chi connectivity index (χ3v) is 5.14. The molecule has 0 spiro atoms. The van der Waals surface area contributed by atoms with Crippen LogP contribution in [0.2, 0.25) is 0 Å². The van der Waals surface area contributed by atoms with Gasteiger partial charge in [-0.25, -0.2) is 4.79 Å². The third kappa shape index (κ3) is 10.0. The van der Waals surface area contributed by atoms with Crippen LogP contribution < -0.4 is 31.4 Å². The van der Waals surface area contributed by atoms with Gasteiger partial charge in [0.05, 0.1) is 13.2 Å². The van der Waals surface area contributed by atoms with E-state index in [2.05, 4.69) is 21.2 Å². The fraction of sp³-hybridized carbons (Fsp3) is 0.222. The van der Waals surface area contributed by atoms with Gasteiger partial charge in [-0.05, 0) is 67.9 Å². The van der Waals surface area contributed by atoms with Crippen molar-refractivity contribution in [2.45, 2.75) is 32.2 Å². The van der Waals surface area contributed by atoms with Crippen molar-refractivity contribution in [2.24, 2.45) is 5.73 Å². The predicted octanol–water partition coefficient (Wildman–Crippen LogP) is 3.41. The number of alkyl halides is 3. The monoisotopic (exact) mass is 590 g/mol. The van der Waals surface area contributed by atoms with Crippen molar-refractivity contribution < 1.29 is 42.1 Å². The van der Waals surface area contributed by atoms with Crippen LogP contribution in [0.3, 0.4) is 0 Å². The average molecular weight is 591 g/mol. The Labute approximate surface area is 238 Å². The quantitative estimate of drug-likeness (QED) is 0.123. The number of ether oxygens (including phenoxy) is 2. The highest BCUT2D eigenvalue weighted by Crippen LogP contribution is 2.32. The molecule has 2 aromatic carbocycles. The van der Waals surface area contributed by atoms with E-state index in [1.165, 1.54) is 31.6 Å². The minimum absolute atomic E-state index is 0.0600. The zero-order valence-electron chi connectivity index (χ0n) is 22.7. The van der Waals surface area contributed by atoms with E-state index in [9.17, 15) is 22.8 Å². The van der Waals surface area contributed by atoms with E-state index in [-0.39, 0.29) is 11.9 Å². The maximum Gasteiger partial charge on any atom is 0.490 e. The zero-order chi connectivity index (χ0) is 31.4. The molecule has 42 heavy (non-hydrogen) atoms. The number of pyridine rings is 1. The number of rotatable bonds is 9. The Morgan fingerprint density at radius 2 is 1.55 bits per heavy atom. The standard InChI is InChI=1S/C25H28N6O4.C2HF3O2/c1-15(2)35-20-9-6-18(14-21(20)34-3)22(29-19-7-4-16(5-8-19)23(26)27)25(33)31-30-24(32)17-10-12-28-13-11-17;3-2(4,5)1(6)7/h4-15,22,29H,1-3H3,(H3,26,27)(H,30,32)(H,31,33);(H,6,7). The number of hydrazine groups is 1. The second kappa shape index (κ2) is 14.9. The number of halogens is 3. The zero-order valence-corrected chi connectivity index (χ0v) is 22.7. The van der Waals surface area contributed by atoms with Gasteiger partial charge in [0.2, 0.25) is 0 Å². The summed E-state index contributed by atoms with van der Waals surface area (Å²) in [6, 6.07) is 14.1. The number of nitrogen functional groups attached to an aromatic ring is 1. The van der Waals surface area contributed by atoms with Gasteiger partial charge < -0.3 is 25.6 Å². The van der Waals surface area contributed by atoms with Gasteiger partial charge in [0.15, 0.2) is 11.5 Å². The molecular formula is C27H29F3N6O6. The summed E-state index contributed by atoms with van der Waals surface area (Å²) >= 11 is 0. The Bertz CT molecular complexity index is 1390. The molecule has 3 aromatic rings. The van der Waals surface area contributed by atoms with Gasteiger partial charge in [-0.15, -0.1) is 0 Å². The Balaban J connectivity index is 0.000000782. The van der Waals surface area contributed by atoms with Crippen molar-refractivity contribution in [2.75, 3.05) is 12.4 Å². The number of methoxy groups -OCH3 is 1. The lowest BCUT2D eigenvalue weighted by molar-refractivity contribution is -0.192. The van der Waals surface area contributed by atoms with E-state index in [0.717, 1.165) is 0 Å². The van der Waals surface area contributed by atoms with Gasteiger partial charge in [-0.1, -0.05) is 6.07 Å². The summed E-state index contributed by atoms with van der Waals surface area (Å²) in [6.45, 7) is 3.81. The van der Waals surface area contributed by atoms with Crippen LogP contribution in [0.15, 0.2) is 67.0 Å². The maximum atomic E-state index is 13.2. The minimum atomic E-state index is -5.08. The van der Waals surface area contributed by atoms with Gasteiger partial charge in [-0.3, -0.25) is 30.8 Å². The number of carbonyl (C=O) groups is 3. The number of carboxylic acids is 1. The first-order valence-corrected chi connectivity index (χ1v) is 12.1. The Morgan fingerprint density at radius 3 is 2.05 bits per heavy atom. The molecule has 0 radical (unpaired) electrons. The van der Waals surface area contributed by atoms with Gasteiger partial charge in [-0.2, -0.15) is 13.2 Å². The Morgan fingerprint density at radius 1 is 0.952 bits per heavy atom. The van der Waals surface area contributed by atoms with Crippen molar-refractivity contribution in [3.05, 3.63) is 83.7 Å². The molecule has 0 bridgehead atoms. The van der Waals surface area contributed by atoms with E-state index >= 15 is 0 Å². The summed E-state index contributed by atoms with van der Waals surface area (Å²) in [5.41, 5.74) is 12.5. The Kier molecular flexibility index (Phi) is 11.6. The first-order valence-electron chi connectivity index (χ1n) is 12.1. The molecule has 1 unspecified atom stereocenters. The third-order valence-electron chi connectivity index (χ3n) is 5.14. The van der Waals surface area contributed by atoms with Crippen LogP contribution in [0.25, 0.3) is 0 Å². The maximum absolute atomic E-state index is 13.2. The highest BCUT2D eigenvalue weighted by molar-refractivity contribution is 5.97. The fourth-order valence-electron chi connectivity index (χ4n) is 3.19. The van der Waals surface area contributed by atoms with E-state index in [0.29, 0.717) is 33.9 Å². The summed E-state index contributed by atoms with van der Waals surface area (Å²) in [4.78, 5) is 38.3. The number of aromatic nitrogens is 1. The first-order chi connectivity index (χ1) is 19.7. The molecule has 2 amide bonds. The van der Waals surface area contributed by atoms with E-state index < -0.39 is 30.0 Å². The molecule has 1 atom stereocenters. The molecule has 3 rings (SSSR count). The second-order valence-corrected chi connectivity index (χ2v) is 8.63. The lowest BCUT2D eigenvalue weighted by atomic mass is 10.0. The summed E-state index contributed by atoms with van der Waals surface area (Å²) < 4.78 is 43.0. The SMILES string of the molecule is COc1cc(C(Nc2ccc(C(=N)N)cc2)C(=O)NNC(=O)c2ccncc2)ccc1OC(C)C.O=C(O)C(F)(F)F. The molecule has 0 saturated heterocycles. The number of anilines is 1. The number of carbonyl (C=O) groups excluding carboxylic acids is 2. The van der Waals surface area contributed by atoms with Crippen LogP contribution in [-0.4, -0.2) is 53.1 Å². The number of hydrogen-bond donors (Lipinski definition) is 6. The smallest absolute Gasteiger partial charge is 0.490 e. The first kappa shape index (κ1) is 32.9. The number of nitrogens with one attached hydrogen (secondary N) is 4. The van der Waals surface area contributed by atoms with Crippen molar-refractivity contribution in [3.8, 4) is 11.5 Å². The average Bonchev–Trinajstić information content (AvgIpc) is 2.95. The molecule has 224 valence electrons. The lowest BCUT2D eigenvalue weighted by Gasteiger charge is -2.22. The van der Waals surface area contributed by atoms with E-state index in [1.807, 2.05) is 13.8 Å². The fourth-order valence-corrected chi connectivity index (χ4v) is 3.19.